The number of nitrogens with one attached hydrogen (secondary N) is 2. The van der Waals surface area contributed by atoms with Crippen molar-refractivity contribution in [2.75, 3.05) is 11.9 Å². The highest BCUT2D eigenvalue weighted by molar-refractivity contribution is 5.97. The molecule has 1 aliphatic heterocycles. The lowest BCUT2D eigenvalue weighted by Gasteiger charge is -2.22. The Bertz CT molecular complexity index is 996. The van der Waals surface area contributed by atoms with Gasteiger partial charge in [0.25, 0.3) is 0 Å². The number of β-amino-alcohol motifs (C(OH)–C–C–N with tert-alkyl or cyclic N) is 1. The average Bonchev–Trinajstić information content (AvgIpc) is 3.25. The molecule has 2 amide bonds. The third-order valence-corrected chi connectivity index (χ3v) is 4.99. The van der Waals surface area contributed by atoms with Crippen LogP contribution in [0.5, 0.6) is 0 Å². The summed E-state index contributed by atoms with van der Waals surface area (Å²) in [5, 5.41) is 12.7. The number of aliphatic hydroxyl groups is 1. The summed E-state index contributed by atoms with van der Waals surface area (Å²) in [4.78, 5) is 33.6. The molecule has 1 fully saturated rings. The normalized spacial score (nSPS) is 19.1. The molecule has 0 bridgehead atoms. The second-order valence-electron chi connectivity index (χ2n) is 7.14. The van der Waals surface area contributed by atoms with Crippen molar-refractivity contribution in [1.82, 2.24) is 14.9 Å². The van der Waals surface area contributed by atoms with Gasteiger partial charge >= 0.3 is 0 Å². The highest BCUT2D eigenvalue weighted by Crippen LogP contribution is 2.21. The highest BCUT2D eigenvalue weighted by atomic mass is 16.3. The Morgan fingerprint density at radius 2 is 2.07 bits per heavy atom. The summed E-state index contributed by atoms with van der Waals surface area (Å²) in [7, 11) is 0. The summed E-state index contributed by atoms with van der Waals surface area (Å²) < 4.78 is 0. The van der Waals surface area contributed by atoms with Crippen LogP contribution in [-0.4, -0.2) is 50.5 Å². The van der Waals surface area contributed by atoms with Crippen LogP contribution >= 0.6 is 0 Å². The zero-order chi connectivity index (χ0) is 19.7. The number of carbonyl (C=O) groups excluding carboxylic acids is 2. The van der Waals surface area contributed by atoms with Crippen molar-refractivity contribution < 1.29 is 14.7 Å². The van der Waals surface area contributed by atoms with Crippen molar-refractivity contribution in [2.45, 2.75) is 31.9 Å². The molecule has 0 radical (unpaired) electrons. The molecule has 3 N–H and O–H groups in total. The zero-order valence-electron chi connectivity index (χ0n) is 15.6. The minimum Gasteiger partial charge on any atom is -0.391 e. The van der Waals surface area contributed by atoms with Gasteiger partial charge in [-0.3, -0.25) is 9.59 Å². The average molecular weight is 378 g/mol. The third-order valence-electron chi connectivity index (χ3n) is 4.99. The molecule has 144 valence electrons. The van der Waals surface area contributed by atoms with Crippen LogP contribution < -0.4 is 5.32 Å². The molecule has 3 aromatic rings. The number of para-hydroxylation sites is 2. The SMILES string of the molecule is CC(=O)N1C[C@H](O)C[C@@H]1C(=O)Nc1cccc(Cc2nc3ccccc3[nH]2)c1. The number of amides is 2. The predicted molar refractivity (Wildman–Crippen MR) is 106 cm³/mol. The largest absolute Gasteiger partial charge is 0.391 e. The molecular weight excluding hydrogens is 356 g/mol. The maximum absolute atomic E-state index is 12.6. The molecule has 0 unspecified atom stereocenters. The Hall–Kier alpha value is -3.19. The number of benzene rings is 2. The van der Waals surface area contributed by atoms with Gasteiger partial charge in [0.15, 0.2) is 0 Å². The number of likely N-dealkylation sites (tertiary alicyclic amines) is 1. The number of carbonyl (C=O) groups is 2. The fourth-order valence-corrected chi connectivity index (χ4v) is 3.68. The number of nitrogens with zero attached hydrogens (tertiary/aromatic N) is 2. The van der Waals surface area contributed by atoms with E-state index in [9.17, 15) is 14.7 Å². The summed E-state index contributed by atoms with van der Waals surface area (Å²) in [6, 6.07) is 14.8. The molecule has 4 rings (SSSR count). The number of aromatic amines is 1. The van der Waals surface area contributed by atoms with Gasteiger partial charge in [-0.2, -0.15) is 0 Å². The minimum atomic E-state index is -0.668. The molecule has 1 aliphatic rings. The first-order chi connectivity index (χ1) is 13.5. The predicted octanol–water partition coefficient (Wildman–Crippen LogP) is 2.07. The lowest BCUT2D eigenvalue weighted by Crippen LogP contribution is -2.42. The van der Waals surface area contributed by atoms with Crippen molar-refractivity contribution in [3.05, 3.63) is 59.9 Å². The second-order valence-corrected chi connectivity index (χ2v) is 7.14. The molecule has 28 heavy (non-hydrogen) atoms. The molecule has 2 atom stereocenters. The standard InChI is InChI=1S/C21H22N4O3/c1-13(26)25-12-16(27)11-19(25)21(28)22-15-6-4-5-14(9-15)10-20-23-17-7-2-3-8-18(17)24-20/h2-9,16,19,27H,10-12H2,1H3,(H,22,28)(H,23,24)/t16-,19-/m1/s1. The van der Waals surface area contributed by atoms with Gasteiger partial charge in [-0.15, -0.1) is 0 Å². The van der Waals surface area contributed by atoms with Crippen LogP contribution in [0.25, 0.3) is 11.0 Å². The molecule has 7 nitrogen and oxygen atoms in total. The summed E-state index contributed by atoms with van der Waals surface area (Å²) in [5.74, 6) is 0.356. The van der Waals surface area contributed by atoms with Crippen LogP contribution in [0.2, 0.25) is 0 Å². The zero-order valence-corrected chi connectivity index (χ0v) is 15.6. The summed E-state index contributed by atoms with van der Waals surface area (Å²) in [6.45, 7) is 1.60. The van der Waals surface area contributed by atoms with E-state index in [4.69, 9.17) is 0 Å². The highest BCUT2D eigenvalue weighted by Gasteiger charge is 2.37. The van der Waals surface area contributed by atoms with Gasteiger partial charge < -0.3 is 20.3 Å². The van der Waals surface area contributed by atoms with E-state index in [0.717, 1.165) is 22.4 Å². The van der Waals surface area contributed by atoms with E-state index in [1.165, 1.54) is 11.8 Å². The molecule has 1 saturated heterocycles. The fraction of sp³-hybridized carbons (Fsp3) is 0.286. The number of imidazole rings is 1. The van der Waals surface area contributed by atoms with Gasteiger partial charge in [0, 0.05) is 32.0 Å². The molecule has 0 saturated carbocycles. The number of anilines is 1. The van der Waals surface area contributed by atoms with Crippen LogP contribution in [0.3, 0.4) is 0 Å². The number of rotatable bonds is 4. The first kappa shape index (κ1) is 18.2. The summed E-state index contributed by atoms with van der Waals surface area (Å²) in [5.41, 5.74) is 3.58. The number of aromatic nitrogens is 2. The van der Waals surface area contributed by atoms with Gasteiger partial charge in [0.2, 0.25) is 11.8 Å². The van der Waals surface area contributed by atoms with Crippen molar-refractivity contribution in [2.24, 2.45) is 0 Å². The van der Waals surface area contributed by atoms with E-state index in [2.05, 4.69) is 15.3 Å². The molecule has 0 spiro atoms. The number of H-pyrrole nitrogens is 1. The van der Waals surface area contributed by atoms with Crippen molar-refractivity contribution in [1.29, 1.82) is 0 Å². The first-order valence-corrected chi connectivity index (χ1v) is 9.28. The quantitative estimate of drug-likeness (QED) is 0.647. The van der Waals surface area contributed by atoms with Crippen molar-refractivity contribution in [3.8, 4) is 0 Å². The molecule has 2 heterocycles. The molecule has 2 aromatic carbocycles. The van der Waals surface area contributed by atoms with Crippen LogP contribution in [0.1, 0.15) is 24.7 Å². The van der Waals surface area contributed by atoms with E-state index in [-0.39, 0.29) is 24.8 Å². The summed E-state index contributed by atoms with van der Waals surface area (Å²) in [6.07, 6.45) is 0.198. The first-order valence-electron chi connectivity index (χ1n) is 9.28. The van der Waals surface area contributed by atoms with Crippen molar-refractivity contribution in [3.63, 3.8) is 0 Å². The van der Waals surface area contributed by atoms with Crippen molar-refractivity contribution >= 4 is 28.5 Å². The van der Waals surface area contributed by atoms with Gasteiger partial charge in [-0.05, 0) is 29.8 Å². The Labute approximate surface area is 162 Å². The van der Waals surface area contributed by atoms with Crippen LogP contribution in [0.15, 0.2) is 48.5 Å². The van der Waals surface area contributed by atoms with E-state index in [0.29, 0.717) is 12.1 Å². The monoisotopic (exact) mass is 378 g/mol. The van der Waals surface area contributed by atoms with Crippen LogP contribution in [0, 0.1) is 0 Å². The second kappa shape index (κ2) is 7.44. The lowest BCUT2D eigenvalue weighted by molar-refractivity contribution is -0.134. The van der Waals surface area contributed by atoms with Gasteiger partial charge in [-0.25, -0.2) is 4.98 Å². The third kappa shape index (κ3) is 3.75. The Kier molecular flexibility index (Phi) is 4.83. The molecule has 0 aliphatic carbocycles. The number of hydrogen-bond acceptors (Lipinski definition) is 4. The Balaban J connectivity index is 1.47. The van der Waals surface area contributed by atoms with Gasteiger partial charge in [0.05, 0.1) is 17.1 Å². The van der Waals surface area contributed by atoms with Gasteiger partial charge in [0.1, 0.15) is 11.9 Å². The Morgan fingerprint density at radius 1 is 1.25 bits per heavy atom. The number of hydrogen-bond donors (Lipinski definition) is 3. The topological polar surface area (TPSA) is 98.3 Å². The molecule has 1 aromatic heterocycles. The van der Waals surface area contributed by atoms with E-state index < -0.39 is 12.1 Å². The fourth-order valence-electron chi connectivity index (χ4n) is 3.68. The smallest absolute Gasteiger partial charge is 0.247 e. The molecule has 7 heteroatoms. The van der Waals surface area contributed by atoms with Gasteiger partial charge in [-0.1, -0.05) is 24.3 Å². The Morgan fingerprint density at radius 3 is 2.86 bits per heavy atom. The molecular formula is C21H22N4O3. The lowest BCUT2D eigenvalue weighted by atomic mass is 10.1. The maximum Gasteiger partial charge on any atom is 0.247 e. The summed E-state index contributed by atoms with van der Waals surface area (Å²) >= 11 is 0. The number of fused-ring (bicyclic) bond motifs is 1. The van der Waals surface area contributed by atoms with E-state index in [1.54, 1.807) is 0 Å². The maximum atomic E-state index is 12.6. The van der Waals surface area contributed by atoms with E-state index >= 15 is 0 Å². The minimum absolute atomic E-state index is 0.194. The number of aliphatic hydroxyl groups excluding tert-OH is 1. The van der Waals surface area contributed by atoms with E-state index in [1.807, 2.05) is 48.5 Å². The van der Waals surface area contributed by atoms with Crippen LogP contribution in [-0.2, 0) is 16.0 Å². The van der Waals surface area contributed by atoms with Crippen LogP contribution in [0.4, 0.5) is 5.69 Å².